The van der Waals surface area contributed by atoms with Gasteiger partial charge in [0.15, 0.2) is 0 Å². The third kappa shape index (κ3) is 2.12. The molecule has 0 radical (unpaired) electrons. The van der Waals surface area contributed by atoms with Crippen LogP contribution in [0.15, 0.2) is 18.2 Å². The van der Waals surface area contributed by atoms with Crippen LogP contribution < -0.4 is 0 Å². The summed E-state index contributed by atoms with van der Waals surface area (Å²) in [7, 11) is 0. The molecule has 6 nitrogen and oxygen atoms in total. The summed E-state index contributed by atoms with van der Waals surface area (Å²) in [6.07, 6.45) is 1.57. The molecule has 0 spiro atoms. The Morgan fingerprint density at radius 3 is 3.10 bits per heavy atom. The van der Waals surface area contributed by atoms with E-state index in [0.29, 0.717) is 6.42 Å². The molecule has 2 aromatic rings. The van der Waals surface area contributed by atoms with Gasteiger partial charge in [-0.1, -0.05) is 0 Å². The number of likely N-dealkylation sites (tertiary alicyclic amines) is 1. The zero-order valence-corrected chi connectivity index (χ0v) is 11.2. The second-order valence-corrected chi connectivity index (χ2v) is 5.23. The molecule has 2 heterocycles. The second-order valence-electron chi connectivity index (χ2n) is 5.23. The van der Waals surface area contributed by atoms with Gasteiger partial charge >= 0.3 is 5.97 Å². The minimum absolute atomic E-state index is 0.0897. The van der Waals surface area contributed by atoms with Crippen molar-refractivity contribution in [2.45, 2.75) is 31.8 Å². The number of benzene rings is 1. The molecule has 3 rings (SSSR count). The molecular weight excluding hydrogens is 258 g/mol. The molecule has 1 aromatic carbocycles. The van der Waals surface area contributed by atoms with Gasteiger partial charge in [0.05, 0.1) is 17.1 Å². The lowest BCUT2D eigenvalue weighted by molar-refractivity contribution is -0.142. The normalized spacial score (nSPS) is 21.4. The third-order valence-corrected chi connectivity index (χ3v) is 3.96. The number of H-pyrrole nitrogens is 1. The molecule has 1 fully saturated rings. The van der Waals surface area contributed by atoms with E-state index < -0.39 is 12.0 Å². The maximum Gasteiger partial charge on any atom is 0.320 e. The number of nitrogens with zero attached hydrogens (tertiary/aromatic N) is 2. The summed E-state index contributed by atoms with van der Waals surface area (Å²) in [6.45, 7) is 2.72. The fourth-order valence-electron chi connectivity index (χ4n) is 2.89. The topological polar surface area (TPSA) is 89.5 Å². The highest BCUT2D eigenvalue weighted by Gasteiger charge is 2.35. The first-order valence-electron chi connectivity index (χ1n) is 6.73. The number of hydrogen-bond donors (Lipinski definition) is 3. The van der Waals surface area contributed by atoms with Crippen molar-refractivity contribution in [1.29, 1.82) is 0 Å². The van der Waals surface area contributed by atoms with Crippen molar-refractivity contribution >= 4 is 17.0 Å². The molecule has 1 aliphatic heterocycles. The van der Waals surface area contributed by atoms with Gasteiger partial charge in [0.2, 0.25) is 0 Å². The van der Waals surface area contributed by atoms with E-state index in [-0.39, 0.29) is 11.8 Å². The second kappa shape index (κ2) is 4.79. The number of hydrogen-bond acceptors (Lipinski definition) is 4. The molecule has 0 bridgehead atoms. The molecular formula is C14H17N3O3. The maximum atomic E-state index is 11.3. The highest BCUT2D eigenvalue weighted by molar-refractivity contribution is 5.77. The van der Waals surface area contributed by atoms with Crippen LogP contribution in [0.2, 0.25) is 0 Å². The molecule has 0 amide bonds. The number of carbonyl (C=O) groups is 1. The molecule has 6 heteroatoms. The zero-order chi connectivity index (χ0) is 14.3. The van der Waals surface area contributed by atoms with Crippen LogP contribution >= 0.6 is 0 Å². The smallest absolute Gasteiger partial charge is 0.320 e. The molecule has 1 aliphatic rings. The van der Waals surface area contributed by atoms with Crippen LogP contribution in [0.3, 0.4) is 0 Å². The lowest BCUT2D eigenvalue weighted by Gasteiger charge is -2.26. The number of nitrogens with one attached hydrogen (secondary N) is 1. The van der Waals surface area contributed by atoms with Crippen LogP contribution in [0.4, 0.5) is 0 Å². The van der Waals surface area contributed by atoms with Crippen molar-refractivity contribution in [1.82, 2.24) is 14.9 Å². The van der Waals surface area contributed by atoms with Gasteiger partial charge in [-0.15, -0.1) is 0 Å². The number of aromatic amines is 1. The average molecular weight is 275 g/mol. The van der Waals surface area contributed by atoms with E-state index in [4.69, 9.17) is 0 Å². The highest BCUT2D eigenvalue weighted by atomic mass is 16.4. The van der Waals surface area contributed by atoms with Gasteiger partial charge in [-0.05, 0) is 38.4 Å². The van der Waals surface area contributed by atoms with Crippen LogP contribution in [-0.2, 0) is 4.79 Å². The van der Waals surface area contributed by atoms with E-state index in [0.717, 1.165) is 29.8 Å². The van der Waals surface area contributed by atoms with E-state index in [1.54, 1.807) is 18.2 Å². The summed E-state index contributed by atoms with van der Waals surface area (Å²) in [5.74, 6) is 0.145. The minimum atomic E-state index is -0.775. The number of fused-ring (bicyclic) bond motifs is 1. The van der Waals surface area contributed by atoms with E-state index in [2.05, 4.69) is 9.97 Å². The van der Waals surface area contributed by atoms with E-state index >= 15 is 0 Å². The first-order valence-corrected chi connectivity index (χ1v) is 6.73. The summed E-state index contributed by atoms with van der Waals surface area (Å²) in [4.78, 5) is 20.9. The first kappa shape index (κ1) is 12.9. The predicted molar refractivity (Wildman–Crippen MR) is 73.5 cm³/mol. The molecule has 106 valence electrons. The number of aromatic nitrogens is 2. The molecule has 2 atom stereocenters. The van der Waals surface area contributed by atoms with Gasteiger partial charge in [0.1, 0.15) is 17.6 Å². The Labute approximate surface area is 116 Å². The van der Waals surface area contributed by atoms with Crippen LogP contribution in [0.1, 0.15) is 31.6 Å². The first-order chi connectivity index (χ1) is 9.56. The summed E-state index contributed by atoms with van der Waals surface area (Å²) < 4.78 is 0. The molecule has 3 N–H and O–H groups in total. The van der Waals surface area contributed by atoms with Crippen molar-refractivity contribution in [3.8, 4) is 5.75 Å². The lowest BCUT2D eigenvalue weighted by Crippen LogP contribution is -2.38. The number of aromatic hydroxyl groups is 1. The number of aliphatic carboxylic acids is 1. The lowest BCUT2D eigenvalue weighted by atomic mass is 10.2. The largest absolute Gasteiger partial charge is 0.508 e. The quantitative estimate of drug-likeness (QED) is 0.795. The van der Waals surface area contributed by atoms with E-state index in [9.17, 15) is 15.0 Å². The summed E-state index contributed by atoms with van der Waals surface area (Å²) in [6, 6.07) is 4.43. The summed E-state index contributed by atoms with van der Waals surface area (Å²) in [5.41, 5.74) is 1.54. The zero-order valence-electron chi connectivity index (χ0n) is 11.2. The van der Waals surface area contributed by atoms with Gasteiger partial charge in [0.25, 0.3) is 0 Å². The van der Waals surface area contributed by atoms with Gasteiger partial charge < -0.3 is 15.2 Å². The third-order valence-electron chi connectivity index (χ3n) is 3.96. The minimum Gasteiger partial charge on any atom is -0.508 e. The number of carboxylic acids is 1. The molecule has 20 heavy (non-hydrogen) atoms. The Morgan fingerprint density at radius 2 is 2.35 bits per heavy atom. The van der Waals surface area contributed by atoms with E-state index in [1.165, 1.54) is 0 Å². The Balaban J connectivity index is 1.91. The monoisotopic (exact) mass is 275 g/mol. The number of carboxylic acid groups (broad SMARTS) is 1. The standard InChI is InChI=1S/C14H17N3O3/c1-8(17-6-2-3-12(17)14(19)20)13-15-10-5-4-9(18)7-11(10)16-13/h4-5,7-8,12,18H,2-3,6H2,1H3,(H,15,16)(H,19,20). The SMILES string of the molecule is CC(c1nc2ccc(O)cc2[nH]1)N1CCCC1C(=O)O. The average Bonchev–Trinajstić information content (AvgIpc) is 3.03. The van der Waals surface area contributed by atoms with Crippen LogP contribution in [0, 0.1) is 0 Å². The summed E-state index contributed by atoms with van der Waals surface area (Å²) >= 11 is 0. The molecule has 0 aliphatic carbocycles. The van der Waals surface area contributed by atoms with Crippen molar-refractivity contribution in [2.75, 3.05) is 6.54 Å². The molecule has 0 saturated carbocycles. The van der Waals surface area contributed by atoms with Crippen molar-refractivity contribution in [3.05, 3.63) is 24.0 Å². The fraction of sp³-hybridized carbons (Fsp3) is 0.429. The van der Waals surface area contributed by atoms with Crippen molar-refractivity contribution < 1.29 is 15.0 Å². The molecule has 2 unspecified atom stereocenters. The molecule has 1 aromatic heterocycles. The van der Waals surface area contributed by atoms with Gasteiger partial charge in [0, 0.05) is 6.07 Å². The number of rotatable bonds is 3. The highest BCUT2D eigenvalue weighted by Crippen LogP contribution is 2.29. The maximum absolute atomic E-state index is 11.3. The van der Waals surface area contributed by atoms with Crippen LogP contribution in [0.5, 0.6) is 5.75 Å². The molecule has 1 saturated heterocycles. The summed E-state index contributed by atoms with van der Waals surface area (Å²) in [5, 5.41) is 18.7. The Morgan fingerprint density at radius 1 is 1.55 bits per heavy atom. The van der Waals surface area contributed by atoms with E-state index in [1.807, 2.05) is 11.8 Å². The van der Waals surface area contributed by atoms with Gasteiger partial charge in [-0.25, -0.2) is 4.98 Å². The number of phenols is 1. The van der Waals surface area contributed by atoms with Gasteiger partial charge in [-0.2, -0.15) is 0 Å². The van der Waals surface area contributed by atoms with Crippen molar-refractivity contribution in [3.63, 3.8) is 0 Å². The Bertz CT molecular complexity index is 652. The van der Waals surface area contributed by atoms with Gasteiger partial charge in [-0.3, -0.25) is 9.69 Å². The van der Waals surface area contributed by atoms with Crippen LogP contribution in [-0.4, -0.2) is 43.6 Å². The Kier molecular flexibility index (Phi) is 3.10. The Hall–Kier alpha value is -2.08. The number of phenolic OH excluding ortho intramolecular Hbond substituents is 1. The number of imidazole rings is 1. The predicted octanol–water partition coefficient (Wildman–Crippen LogP) is 1.88. The van der Waals surface area contributed by atoms with Crippen molar-refractivity contribution in [2.24, 2.45) is 0 Å². The van der Waals surface area contributed by atoms with Crippen LogP contribution in [0.25, 0.3) is 11.0 Å². The fourth-order valence-corrected chi connectivity index (χ4v) is 2.89.